The molecule has 186 valence electrons. The summed E-state index contributed by atoms with van der Waals surface area (Å²) in [6.45, 7) is 14.6. The molecule has 5 rings (SSSR count). The topological polar surface area (TPSA) is 105 Å². The molecule has 2 saturated heterocycles. The highest BCUT2D eigenvalue weighted by molar-refractivity contribution is 5.90. The molecule has 2 aliphatic heterocycles. The number of amides is 1. The van der Waals surface area contributed by atoms with Crippen molar-refractivity contribution in [3.8, 4) is 11.3 Å². The molecule has 3 aromatic rings. The lowest BCUT2D eigenvalue weighted by atomic mass is 10.0. The number of likely N-dealkylation sites (N-methyl/N-ethyl adjacent to an activating group) is 1. The number of carboxylic acid groups (broad SMARTS) is 1. The Labute approximate surface area is 205 Å². The van der Waals surface area contributed by atoms with E-state index in [0.717, 1.165) is 55.0 Å². The maximum atomic E-state index is 11.5. The highest BCUT2D eigenvalue weighted by Crippen LogP contribution is 2.31. The minimum atomic E-state index is -0.886. The van der Waals surface area contributed by atoms with E-state index < -0.39 is 6.09 Å². The molecule has 1 aromatic carbocycles. The molecule has 2 aromatic heterocycles. The Bertz CT molecular complexity index is 1210. The summed E-state index contributed by atoms with van der Waals surface area (Å²) >= 11 is 0. The summed E-state index contributed by atoms with van der Waals surface area (Å²) < 4.78 is 0. The third kappa shape index (κ3) is 4.38. The van der Waals surface area contributed by atoms with Crippen molar-refractivity contribution < 1.29 is 9.90 Å². The highest BCUT2D eigenvalue weighted by atomic mass is 16.4. The van der Waals surface area contributed by atoms with Crippen molar-refractivity contribution in [2.75, 3.05) is 55.6 Å². The number of carbonyl (C=O) groups is 1. The molecule has 2 atom stereocenters. The molecule has 10 heteroatoms. The van der Waals surface area contributed by atoms with Gasteiger partial charge in [-0.05, 0) is 45.0 Å². The van der Waals surface area contributed by atoms with Crippen LogP contribution >= 0.6 is 0 Å². The maximum Gasteiger partial charge on any atom is 0.407 e. The zero-order chi connectivity index (χ0) is 24.7. The molecule has 0 spiro atoms. The van der Waals surface area contributed by atoms with E-state index in [2.05, 4.69) is 61.9 Å². The number of hydrogen-bond donors (Lipinski definition) is 2. The summed E-state index contributed by atoms with van der Waals surface area (Å²) in [7, 11) is 0. The number of aromatic nitrogens is 4. The van der Waals surface area contributed by atoms with E-state index >= 15 is 0 Å². The number of benzene rings is 1. The SMILES string of the molecule is CCN1CCN(c2ccc(-c3n[nH]c4cnc(N5[C@H](C)CN(C(=O)O)C[C@@H]5C)nc34)cc2C)CC1. The summed E-state index contributed by atoms with van der Waals surface area (Å²) in [5.74, 6) is 0.604. The van der Waals surface area contributed by atoms with Crippen LogP contribution in [0.3, 0.4) is 0 Å². The molecule has 0 bridgehead atoms. The fourth-order valence-corrected chi connectivity index (χ4v) is 5.47. The van der Waals surface area contributed by atoms with Crippen molar-refractivity contribution in [2.45, 2.75) is 39.8 Å². The average molecular weight is 479 g/mol. The van der Waals surface area contributed by atoms with Crippen LogP contribution in [-0.4, -0.2) is 99.1 Å². The van der Waals surface area contributed by atoms with E-state index in [1.54, 1.807) is 6.20 Å². The summed E-state index contributed by atoms with van der Waals surface area (Å²) in [6.07, 6.45) is 0.883. The standard InChI is InChI=1S/C25H34N8O2/c1-5-30-8-10-31(11-9-30)21-7-6-19(12-16(21)2)22-23-20(28-29-22)13-26-24(27-23)33-17(3)14-32(25(34)35)15-18(33)4/h6-7,12-13,17-18H,5,8-11,14-15H2,1-4H3,(H,28,29)(H,34,35)/t17-,18+. The first-order chi connectivity index (χ1) is 16.9. The number of nitrogens with zero attached hydrogens (tertiary/aromatic N) is 7. The summed E-state index contributed by atoms with van der Waals surface area (Å²) in [4.78, 5) is 29.5. The molecule has 1 amide bonds. The first-order valence-corrected chi connectivity index (χ1v) is 12.4. The van der Waals surface area contributed by atoms with Gasteiger partial charge in [-0.15, -0.1) is 0 Å². The first kappa shape index (κ1) is 23.3. The summed E-state index contributed by atoms with van der Waals surface area (Å²) in [5, 5.41) is 17.1. The summed E-state index contributed by atoms with van der Waals surface area (Å²) in [6, 6.07) is 6.46. The smallest absolute Gasteiger partial charge is 0.407 e. The number of aromatic amines is 1. The zero-order valence-electron chi connectivity index (χ0n) is 20.9. The van der Waals surface area contributed by atoms with E-state index in [0.29, 0.717) is 19.0 Å². The van der Waals surface area contributed by atoms with Gasteiger partial charge in [-0.1, -0.05) is 13.0 Å². The number of nitrogens with one attached hydrogen (secondary N) is 1. The van der Waals surface area contributed by atoms with Crippen molar-refractivity contribution >= 4 is 28.8 Å². The minimum absolute atomic E-state index is 0.0302. The Kier molecular flexibility index (Phi) is 6.22. The zero-order valence-corrected chi connectivity index (χ0v) is 20.9. The molecule has 4 heterocycles. The lowest BCUT2D eigenvalue weighted by Crippen LogP contribution is -2.58. The minimum Gasteiger partial charge on any atom is -0.465 e. The van der Waals surface area contributed by atoms with Crippen molar-refractivity contribution in [1.29, 1.82) is 0 Å². The van der Waals surface area contributed by atoms with Gasteiger partial charge in [0.2, 0.25) is 5.95 Å². The van der Waals surface area contributed by atoms with Crippen LogP contribution < -0.4 is 9.80 Å². The molecule has 2 fully saturated rings. The molecule has 0 aliphatic carbocycles. The van der Waals surface area contributed by atoms with E-state index in [1.807, 2.05) is 13.8 Å². The number of anilines is 2. The molecular formula is C25H34N8O2. The monoisotopic (exact) mass is 478 g/mol. The fraction of sp³-hybridized carbons (Fsp3) is 0.520. The average Bonchev–Trinajstić information content (AvgIpc) is 3.27. The third-order valence-electron chi connectivity index (χ3n) is 7.34. The quantitative estimate of drug-likeness (QED) is 0.590. The Morgan fingerprint density at radius 2 is 1.86 bits per heavy atom. The predicted molar refractivity (Wildman–Crippen MR) is 137 cm³/mol. The van der Waals surface area contributed by atoms with Gasteiger partial charge in [0.05, 0.1) is 6.20 Å². The van der Waals surface area contributed by atoms with Gasteiger partial charge in [0.25, 0.3) is 0 Å². The second-order valence-corrected chi connectivity index (χ2v) is 9.72. The van der Waals surface area contributed by atoms with E-state index in [1.165, 1.54) is 16.2 Å². The van der Waals surface area contributed by atoms with Crippen LogP contribution in [0.15, 0.2) is 24.4 Å². The molecule has 0 unspecified atom stereocenters. The van der Waals surface area contributed by atoms with Gasteiger partial charge < -0.3 is 24.7 Å². The first-order valence-electron chi connectivity index (χ1n) is 12.4. The molecular weight excluding hydrogens is 444 g/mol. The van der Waals surface area contributed by atoms with Crippen LogP contribution in [0.5, 0.6) is 0 Å². The van der Waals surface area contributed by atoms with Crippen LogP contribution in [-0.2, 0) is 0 Å². The fourth-order valence-electron chi connectivity index (χ4n) is 5.47. The normalized spacial score (nSPS) is 21.7. The van der Waals surface area contributed by atoms with Crippen LogP contribution in [0.2, 0.25) is 0 Å². The highest BCUT2D eigenvalue weighted by Gasteiger charge is 2.33. The van der Waals surface area contributed by atoms with E-state index in [-0.39, 0.29) is 12.1 Å². The van der Waals surface area contributed by atoms with Crippen LogP contribution in [0.1, 0.15) is 26.3 Å². The number of rotatable bonds is 4. The number of H-pyrrole nitrogens is 1. The lowest BCUT2D eigenvalue weighted by Gasteiger charge is -2.43. The van der Waals surface area contributed by atoms with Gasteiger partial charge in [0.15, 0.2) is 0 Å². The molecule has 2 N–H and O–H groups in total. The van der Waals surface area contributed by atoms with Gasteiger partial charge in [-0.25, -0.2) is 14.8 Å². The Hall–Kier alpha value is -3.40. The van der Waals surface area contributed by atoms with Crippen LogP contribution in [0.4, 0.5) is 16.4 Å². The van der Waals surface area contributed by atoms with Gasteiger partial charge in [-0.2, -0.15) is 5.10 Å². The summed E-state index contributed by atoms with van der Waals surface area (Å²) in [5.41, 5.74) is 5.89. The van der Waals surface area contributed by atoms with Gasteiger partial charge in [0.1, 0.15) is 16.7 Å². The van der Waals surface area contributed by atoms with Crippen LogP contribution in [0, 0.1) is 6.92 Å². The second kappa shape index (κ2) is 9.33. The Balaban J connectivity index is 1.42. The maximum absolute atomic E-state index is 11.5. The Morgan fingerprint density at radius 1 is 1.14 bits per heavy atom. The van der Waals surface area contributed by atoms with Crippen molar-refractivity contribution in [3.05, 3.63) is 30.0 Å². The lowest BCUT2D eigenvalue weighted by molar-refractivity contribution is 0.128. The van der Waals surface area contributed by atoms with Gasteiger partial charge in [0, 0.05) is 62.6 Å². The van der Waals surface area contributed by atoms with Gasteiger partial charge in [-0.3, -0.25) is 5.10 Å². The third-order valence-corrected chi connectivity index (χ3v) is 7.34. The van der Waals surface area contributed by atoms with Gasteiger partial charge >= 0.3 is 6.09 Å². The predicted octanol–water partition coefficient (Wildman–Crippen LogP) is 3.05. The number of piperazine rings is 2. The molecule has 35 heavy (non-hydrogen) atoms. The Morgan fingerprint density at radius 3 is 2.49 bits per heavy atom. The van der Waals surface area contributed by atoms with Crippen molar-refractivity contribution in [2.24, 2.45) is 0 Å². The van der Waals surface area contributed by atoms with Crippen LogP contribution in [0.25, 0.3) is 22.3 Å². The van der Waals surface area contributed by atoms with E-state index in [9.17, 15) is 9.90 Å². The molecule has 2 aliphatic rings. The number of hydrogen-bond acceptors (Lipinski definition) is 7. The molecule has 0 saturated carbocycles. The molecule has 10 nitrogen and oxygen atoms in total. The number of aryl methyl sites for hydroxylation is 1. The van der Waals surface area contributed by atoms with Crippen molar-refractivity contribution in [1.82, 2.24) is 30.0 Å². The number of fused-ring (bicyclic) bond motifs is 1. The molecule has 0 radical (unpaired) electrons. The largest absolute Gasteiger partial charge is 0.465 e. The van der Waals surface area contributed by atoms with E-state index in [4.69, 9.17) is 4.98 Å². The van der Waals surface area contributed by atoms with Crippen molar-refractivity contribution in [3.63, 3.8) is 0 Å². The second-order valence-electron chi connectivity index (χ2n) is 9.72.